The van der Waals surface area contributed by atoms with E-state index in [2.05, 4.69) is 42.6 Å². The highest BCUT2D eigenvalue weighted by atomic mass is 16.5. The van der Waals surface area contributed by atoms with Crippen LogP contribution in [0.1, 0.15) is 55.2 Å². The van der Waals surface area contributed by atoms with Gasteiger partial charge in [-0.15, -0.1) is 0 Å². The molecule has 2 fully saturated rings. The summed E-state index contributed by atoms with van der Waals surface area (Å²) in [5.74, 6) is 2.06. The second-order valence-electron chi connectivity index (χ2n) is 9.77. The van der Waals surface area contributed by atoms with Crippen molar-refractivity contribution in [2.75, 3.05) is 7.05 Å². The van der Waals surface area contributed by atoms with Crippen molar-refractivity contribution in [2.45, 2.75) is 51.6 Å². The maximum Gasteiger partial charge on any atom is 0.223 e. The molecule has 31 heavy (non-hydrogen) atoms. The molecule has 4 nitrogen and oxygen atoms in total. The molecule has 2 aromatic rings. The molecule has 5 atom stereocenters. The number of ether oxygens (including phenoxy) is 1. The minimum Gasteiger partial charge on any atom is -0.489 e. The first kappa shape index (κ1) is 20.3. The summed E-state index contributed by atoms with van der Waals surface area (Å²) in [4.78, 5) is 25.5. The Hall–Kier alpha value is -2.62. The molecule has 2 aromatic carbocycles. The quantitative estimate of drug-likeness (QED) is 0.787. The van der Waals surface area contributed by atoms with Gasteiger partial charge in [0.2, 0.25) is 5.91 Å². The van der Waals surface area contributed by atoms with Crippen LogP contribution in [-0.2, 0) is 22.6 Å². The third-order valence-electron chi connectivity index (χ3n) is 8.26. The first-order valence-electron chi connectivity index (χ1n) is 11.6. The molecule has 0 radical (unpaired) electrons. The van der Waals surface area contributed by atoms with Crippen LogP contribution in [0.25, 0.3) is 0 Å². The van der Waals surface area contributed by atoms with Crippen molar-refractivity contribution < 1.29 is 14.3 Å². The smallest absolute Gasteiger partial charge is 0.223 e. The Bertz CT molecular complexity index is 1000. The van der Waals surface area contributed by atoms with Crippen LogP contribution < -0.4 is 10.1 Å². The Morgan fingerprint density at radius 3 is 2.74 bits per heavy atom. The lowest BCUT2D eigenvalue weighted by atomic mass is 9.54. The number of amides is 1. The van der Waals surface area contributed by atoms with Gasteiger partial charge in [0.05, 0.1) is 0 Å². The van der Waals surface area contributed by atoms with E-state index in [1.807, 2.05) is 18.2 Å². The van der Waals surface area contributed by atoms with Crippen LogP contribution in [0.15, 0.2) is 48.5 Å². The molecule has 3 aliphatic carbocycles. The average Bonchev–Trinajstić information content (AvgIpc) is 3.08. The SMILES string of the molecule is CNC(=O)[C@H]1CC(=O)[C@@]2(C)CC[C@@H]3c4ccc(OCc5ccccc5)cc4CC[C@H]3[C@H]12. The van der Waals surface area contributed by atoms with Crippen molar-refractivity contribution >= 4 is 11.7 Å². The summed E-state index contributed by atoms with van der Waals surface area (Å²) in [6, 6.07) is 16.8. The van der Waals surface area contributed by atoms with Gasteiger partial charge in [-0.25, -0.2) is 0 Å². The molecule has 1 amide bonds. The van der Waals surface area contributed by atoms with Gasteiger partial charge in [0, 0.05) is 24.8 Å². The van der Waals surface area contributed by atoms with Gasteiger partial charge >= 0.3 is 0 Å². The Morgan fingerprint density at radius 2 is 1.97 bits per heavy atom. The number of nitrogens with one attached hydrogen (secondary N) is 1. The summed E-state index contributed by atoms with van der Waals surface area (Å²) in [6.45, 7) is 2.69. The summed E-state index contributed by atoms with van der Waals surface area (Å²) in [7, 11) is 1.69. The van der Waals surface area contributed by atoms with E-state index in [1.165, 1.54) is 11.1 Å². The van der Waals surface area contributed by atoms with E-state index >= 15 is 0 Å². The molecular weight excluding hydrogens is 386 g/mol. The van der Waals surface area contributed by atoms with Gasteiger partial charge < -0.3 is 10.1 Å². The predicted molar refractivity (Wildman–Crippen MR) is 120 cm³/mol. The maximum atomic E-state index is 12.9. The first-order chi connectivity index (χ1) is 15.0. The van der Waals surface area contributed by atoms with Crippen molar-refractivity contribution in [1.29, 1.82) is 0 Å². The number of carbonyl (C=O) groups is 2. The number of Topliss-reactive ketones (excluding diaryl/α,β-unsaturated/α-hetero) is 1. The van der Waals surface area contributed by atoms with Crippen LogP contribution in [0, 0.1) is 23.2 Å². The summed E-state index contributed by atoms with van der Waals surface area (Å²) < 4.78 is 6.06. The lowest BCUT2D eigenvalue weighted by Gasteiger charge is -2.49. The molecule has 4 heteroatoms. The molecule has 0 bridgehead atoms. The summed E-state index contributed by atoms with van der Waals surface area (Å²) >= 11 is 0. The van der Waals surface area contributed by atoms with E-state index < -0.39 is 0 Å². The third kappa shape index (κ3) is 3.37. The topological polar surface area (TPSA) is 55.4 Å². The molecule has 0 heterocycles. The normalized spacial score (nSPS) is 31.4. The van der Waals surface area contributed by atoms with Gasteiger partial charge in [-0.1, -0.05) is 43.3 Å². The van der Waals surface area contributed by atoms with Gasteiger partial charge in [-0.2, -0.15) is 0 Å². The summed E-state index contributed by atoms with van der Waals surface area (Å²) in [5, 5.41) is 2.82. The highest BCUT2D eigenvalue weighted by molar-refractivity contribution is 5.94. The number of benzene rings is 2. The molecule has 0 spiro atoms. The Balaban J connectivity index is 1.39. The van der Waals surface area contributed by atoms with E-state index in [9.17, 15) is 9.59 Å². The molecule has 162 valence electrons. The first-order valence-corrected chi connectivity index (χ1v) is 11.6. The highest BCUT2D eigenvalue weighted by Crippen LogP contribution is 2.61. The lowest BCUT2D eigenvalue weighted by Crippen LogP contribution is -2.46. The third-order valence-corrected chi connectivity index (χ3v) is 8.26. The van der Waals surface area contributed by atoms with Crippen LogP contribution in [0.3, 0.4) is 0 Å². The molecule has 5 rings (SSSR count). The zero-order valence-corrected chi connectivity index (χ0v) is 18.4. The van der Waals surface area contributed by atoms with Gasteiger partial charge in [0.15, 0.2) is 0 Å². The second kappa shape index (κ2) is 7.81. The number of hydrogen-bond acceptors (Lipinski definition) is 3. The fraction of sp³-hybridized carbons (Fsp3) is 0.481. The molecule has 3 aliphatic rings. The summed E-state index contributed by atoms with van der Waals surface area (Å²) in [6.07, 6.45) is 4.35. The van der Waals surface area contributed by atoms with Gasteiger partial charge in [0.25, 0.3) is 0 Å². The van der Waals surface area contributed by atoms with E-state index in [0.29, 0.717) is 30.6 Å². The van der Waals surface area contributed by atoms with Crippen molar-refractivity contribution in [3.8, 4) is 5.75 Å². The second-order valence-corrected chi connectivity index (χ2v) is 9.77. The zero-order chi connectivity index (χ0) is 21.6. The maximum absolute atomic E-state index is 12.9. The Morgan fingerprint density at radius 1 is 1.16 bits per heavy atom. The molecule has 0 saturated heterocycles. The van der Waals surface area contributed by atoms with Gasteiger partial charge in [-0.05, 0) is 72.3 Å². The number of ketones is 1. The van der Waals surface area contributed by atoms with Crippen molar-refractivity contribution in [2.24, 2.45) is 23.2 Å². The van der Waals surface area contributed by atoms with Gasteiger partial charge in [-0.3, -0.25) is 9.59 Å². The molecule has 0 aliphatic heterocycles. The minimum absolute atomic E-state index is 0.0400. The van der Waals surface area contributed by atoms with Crippen LogP contribution in [0.5, 0.6) is 5.75 Å². The van der Waals surface area contributed by atoms with E-state index in [4.69, 9.17) is 4.74 Å². The van der Waals surface area contributed by atoms with Gasteiger partial charge in [0.1, 0.15) is 18.1 Å². The number of hydrogen-bond donors (Lipinski definition) is 1. The van der Waals surface area contributed by atoms with E-state index in [-0.39, 0.29) is 23.2 Å². The van der Waals surface area contributed by atoms with Crippen LogP contribution >= 0.6 is 0 Å². The number of fused-ring (bicyclic) bond motifs is 5. The van der Waals surface area contributed by atoms with Crippen LogP contribution in [-0.4, -0.2) is 18.7 Å². The molecule has 1 N–H and O–H groups in total. The van der Waals surface area contributed by atoms with E-state index in [0.717, 1.165) is 37.0 Å². The highest BCUT2D eigenvalue weighted by Gasteiger charge is 2.60. The largest absolute Gasteiger partial charge is 0.489 e. The lowest BCUT2D eigenvalue weighted by molar-refractivity contribution is -0.130. The Kier molecular flexibility index (Phi) is 5.11. The number of rotatable bonds is 4. The van der Waals surface area contributed by atoms with Crippen molar-refractivity contribution in [3.63, 3.8) is 0 Å². The zero-order valence-electron chi connectivity index (χ0n) is 18.4. The number of carbonyl (C=O) groups excluding carboxylic acids is 2. The summed E-state index contributed by atoms with van der Waals surface area (Å²) in [5.41, 5.74) is 3.60. The molecule has 0 unspecified atom stereocenters. The minimum atomic E-state index is -0.339. The van der Waals surface area contributed by atoms with Crippen molar-refractivity contribution in [1.82, 2.24) is 5.32 Å². The fourth-order valence-electron chi connectivity index (χ4n) is 6.71. The van der Waals surface area contributed by atoms with Crippen LogP contribution in [0.4, 0.5) is 0 Å². The standard InChI is InChI=1S/C27H31NO3/c1-27-13-12-21-20-11-9-19(31-16-17-6-4-3-5-7-17)14-18(20)8-10-22(21)25(27)23(15-24(27)29)26(30)28-2/h3-7,9,11,14,21-23,25H,8,10,12-13,15-16H2,1-2H3,(H,28,30)/t21-,22-,23+,25-,27-/m1/s1. The monoisotopic (exact) mass is 417 g/mol. The molecular formula is C27H31NO3. The predicted octanol–water partition coefficient (Wildman–Crippen LogP) is 4.66. The average molecular weight is 418 g/mol. The van der Waals surface area contributed by atoms with Crippen molar-refractivity contribution in [3.05, 3.63) is 65.2 Å². The van der Waals surface area contributed by atoms with Crippen LogP contribution in [0.2, 0.25) is 0 Å². The number of aryl methyl sites for hydroxylation is 1. The fourth-order valence-corrected chi connectivity index (χ4v) is 6.71. The molecule has 0 aromatic heterocycles. The molecule has 2 saturated carbocycles. The Labute approximate surface area is 184 Å². The van der Waals surface area contributed by atoms with E-state index in [1.54, 1.807) is 7.05 Å².